The van der Waals surface area contributed by atoms with Crippen LogP contribution >= 0.6 is 0 Å². The van der Waals surface area contributed by atoms with E-state index in [1.165, 1.54) is 31.6 Å². The number of nitrogens with two attached hydrogens (primary N) is 1. The predicted octanol–water partition coefficient (Wildman–Crippen LogP) is 1.95. The number of methoxy groups -OCH3 is 1. The molecule has 17 heavy (non-hydrogen) atoms. The fraction of sp³-hybridized carbons (Fsp3) is 0.0909. The summed E-state index contributed by atoms with van der Waals surface area (Å²) >= 11 is 0. The van der Waals surface area contributed by atoms with Crippen LogP contribution in [-0.2, 0) is 0 Å². The van der Waals surface area contributed by atoms with Crippen LogP contribution in [0.25, 0.3) is 0 Å². The number of nitrogens with zero attached hydrogens (tertiary/aromatic N) is 2. The molecule has 5 nitrogen and oxygen atoms in total. The number of hydrogen-bond acceptors (Lipinski definition) is 5. The normalized spacial score (nSPS) is 10.0. The molecule has 0 unspecified atom stereocenters. The Labute approximate surface area is 97.5 Å². The van der Waals surface area contributed by atoms with Crippen molar-refractivity contribution in [1.82, 2.24) is 9.97 Å². The van der Waals surface area contributed by atoms with Crippen molar-refractivity contribution in [2.75, 3.05) is 18.2 Å². The van der Waals surface area contributed by atoms with Crippen LogP contribution in [0.2, 0.25) is 0 Å². The molecule has 0 atom stereocenters. The van der Waals surface area contributed by atoms with Gasteiger partial charge in [-0.05, 0) is 12.1 Å². The van der Waals surface area contributed by atoms with Crippen LogP contribution in [0.15, 0.2) is 30.6 Å². The van der Waals surface area contributed by atoms with Gasteiger partial charge >= 0.3 is 0 Å². The molecule has 2 aromatic rings. The van der Waals surface area contributed by atoms with E-state index in [0.29, 0.717) is 17.3 Å². The van der Waals surface area contributed by atoms with Gasteiger partial charge in [-0.2, -0.15) is 0 Å². The molecule has 0 aliphatic heterocycles. The van der Waals surface area contributed by atoms with Crippen molar-refractivity contribution in [1.29, 1.82) is 0 Å². The minimum atomic E-state index is -0.375. The third-order valence-electron chi connectivity index (χ3n) is 2.14. The number of nitrogen functional groups attached to an aromatic ring is 1. The Morgan fingerprint density at radius 2 is 2.06 bits per heavy atom. The molecule has 1 heterocycles. The fourth-order valence-corrected chi connectivity index (χ4v) is 1.34. The van der Waals surface area contributed by atoms with Crippen LogP contribution in [0.1, 0.15) is 0 Å². The quantitative estimate of drug-likeness (QED) is 0.849. The highest BCUT2D eigenvalue weighted by atomic mass is 19.1. The van der Waals surface area contributed by atoms with E-state index < -0.39 is 0 Å². The van der Waals surface area contributed by atoms with Gasteiger partial charge in [0.05, 0.1) is 12.8 Å². The SMILES string of the molecule is COc1cc(F)ccc1Nc1nccnc1N. The second-order valence-electron chi connectivity index (χ2n) is 3.26. The molecular weight excluding hydrogens is 223 g/mol. The first kappa shape index (κ1) is 11.1. The Bertz CT molecular complexity index is 533. The Morgan fingerprint density at radius 3 is 2.76 bits per heavy atom. The predicted molar refractivity (Wildman–Crippen MR) is 62.7 cm³/mol. The molecule has 6 heteroatoms. The second-order valence-corrected chi connectivity index (χ2v) is 3.26. The van der Waals surface area contributed by atoms with Crippen LogP contribution < -0.4 is 15.8 Å². The van der Waals surface area contributed by atoms with Crippen molar-refractivity contribution >= 4 is 17.3 Å². The summed E-state index contributed by atoms with van der Waals surface area (Å²) in [4.78, 5) is 7.91. The molecule has 3 N–H and O–H groups in total. The van der Waals surface area contributed by atoms with E-state index in [0.717, 1.165) is 0 Å². The molecule has 0 aliphatic rings. The van der Waals surface area contributed by atoms with Gasteiger partial charge in [0.25, 0.3) is 0 Å². The monoisotopic (exact) mass is 234 g/mol. The smallest absolute Gasteiger partial charge is 0.173 e. The van der Waals surface area contributed by atoms with E-state index in [4.69, 9.17) is 10.5 Å². The summed E-state index contributed by atoms with van der Waals surface area (Å²) in [6.45, 7) is 0. The van der Waals surface area contributed by atoms with E-state index in [1.807, 2.05) is 0 Å². The molecule has 88 valence electrons. The maximum atomic E-state index is 13.0. The molecule has 0 saturated carbocycles. The number of nitrogens with one attached hydrogen (secondary N) is 1. The number of hydrogen-bond donors (Lipinski definition) is 2. The maximum Gasteiger partial charge on any atom is 0.173 e. The first-order valence-electron chi connectivity index (χ1n) is 4.88. The molecular formula is C11H11FN4O. The molecule has 0 spiro atoms. The van der Waals surface area contributed by atoms with Gasteiger partial charge < -0.3 is 15.8 Å². The Morgan fingerprint density at radius 1 is 1.29 bits per heavy atom. The number of halogens is 1. The average molecular weight is 234 g/mol. The molecule has 1 aromatic heterocycles. The average Bonchev–Trinajstić information content (AvgIpc) is 2.34. The number of anilines is 3. The zero-order valence-electron chi connectivity index (χ0n) is 9.14. The van der Waals surface area contributed by atoms with Gasteiger partial charge in [-0.15, -0.1) is 0 Å². The molecule has 0 radical (unpaired) electrons. The number of aromatic nitrogens is 2. The Kier molecular flexibility index (Phi) is 3.04. The number of rotatable bonds is 3. The van der Waals surface area contributed by atoms with Crippen LogP contribution in [0.5, 0.6) is 5.75 Å². The largest absolute Gasteiger partial charge is 0.494 e. The molecule has 2 rings (SSSR count). The van der Waals surface area contributed by atoms with Crippen LogP contribution in [0.3, 0.4) is 0 Å². The van der Waals surface area contributed by atoms with Crippen molar-refractivity contribution in [3.05, 3.63) is 36.4 Å². The zero-order chi connectivity index (χ0) is 12.3. The molecule has 0 aliphatic carbocycles. The van der Waals surface area contributed by atoms with Gasteiger partial charge in [0, 0.05) is 18.5 Å². The molecule has 0 fully saturated rings. The van der Waals surface area contributed by atoms with Gasteiger partial charge in [0.15, 0.2) is 11.6 Å². The van der Waals surface area contributed by atoms with Crippen molar-refractivity contribution in [2.45, 2.75) is 0 Å². The van der Waals surface area contributed by atoms with Crippen LogP contribution in [0.4, 0.5) is 21.7 Å². The lowest BCUT2D eigenvalue weighted by molar-refractivity contribution is 0.413. The van der Waals surface area contributed by atoms with Crippen molar-refractivity contribution in [3.8, 4) is 5.75 Å². The van der Waals surface area contributed by atoms with Crippen molar-refractivity contribution in [2.24, 2.45) is 0 Å². The molecule has 1 aromatic carbocycles. The summed E-state index contributed by atoms with van der Waals surface area (Å²) < 4.78 is 18.0. The van der Waals surface area contributed by atoms with Crippen LogP contribution in [0, 0.1) is 5.82 Å². The van der Waals surface area contributed by atoms with E-state index in [1.54, 1.807) is 6.07 Å². The van der Waals surface area contributed by atoms with Gasteiger partial charge in [-0.25, -0.2) is 14.4 Å². The first-order chi connectivity index (χ1) is 8.20. The zero-order valence-corrected chi connectivity index (χ0v) is 9.14. The Balaban J connectivity index is 2.33. The number of ether oxygens (including phenoxy) is 1. The van der Waals surface area contributed by atoms with E-state index in [2.05, 4.69) is 15.3 Å². The first-order valence-corrected chi connectivity index (χ1v) is 4.88. The summed E-state index contributed by atoms with van der Waals surface area (Å²) in [5, 5.41) is 2.93. The summed E-state index contributed by atoms with van der Waals surface area (Å²) in [6, 6.07) is 4.13. The van der Waals surface area contributed by atoms with Gasteiger partial charge in [0.2, 0.25) is 0 Å². The topological polar surface area (TPSA) is 73.1 Å². The van der Waals surface area contributed by atoms with Crippen molar-refractivity contribution < 1.29 is 9.13 Å². The molecule has 0 amide bonds. The lowest BCUT2D eigenvalue weighted by atomic mass is 10.3. The lowest BCUT2D eigenvalue weighted by Crippen LogP contribution is -2.02. The summed E-state index contributed by atoms with van der Waals surface area (Å²) in [5.41, 5.74) is 6.21. The second kappa shape index (κ2) is 4.65. The molecule has 0 bridgehead atoms. The minimum absolute atomic E-state index is 0.263. The van der Waals surface area contributed by atoms with Gasteiger partial charge in [-0.3, -0.25) is 0 Å². The highest BCUT2D eigenvalue weighted by molar-refractivity contribution is 5.69. The number of benzene rings is 1. The highest BCUT2D eigenvalue weighted by Crippen LogP contribution is 2.28. The van der Waals surface area contributed by atoms with Gasteiger partial charge in [-0.1, -0.05) is 0 Å². The van der Waals surface area contributed by atoms with Crippen molar-refractivity contribution in [3.63, 3.8) is 0 Å². The van der Waals surface area contributed by atoms with E-state index in [9.17, 15) is 4.39 Å². The molecule has 0 saturated heterocycles. The summed E-state index contributed by atoms with van der Waals surface area (Å²) in [6.07, 6.45) is 3.00. The Hall–Kier alpha value is -2.37. The summed E-state index contributed by atoms with van der Waals surface area (Å²) in [7, 11) is 1.46. The third kappa shape index (κ3) is 2.41. The third-order valence-corrected chi connectivity index (χ3v) is 2.14. The van der Waals surface area contributed by atoms with Gasteiger partial charge in [0.1, 0.15) is 11.6 Å². The van der Waals surface area contributed by atoms with E-state index >= 15 is 0 Å². The summed E-state index contributed by atoms with van der Waals surface area (Å²) in [5.74, 6) is 0.658. The van der Waals surface area contributed by atoms with E-state index in [-0.39, 0.29) is 11.6 Å². The minimum Gasteiger partial charge on any atom is -0.494 e. The van der Waals surface area contributed by atoms with Crippen LogP contribution in [-0.4, -0.2) is 17.1 Å². The lowest BCUT2D eigenvalue weighted by Gasteiger charge is -2.11. The maximum absolute atomic E-state index is 13.0. The fourth-order valence-electron chi connectivity index (χ4n) is 1.34. The standard InChI is InChI=1S/C11H11FN4O/c1-17-9-6-7(12)2-3-8(9)16-11-10(13)14-4-5-15-11/h2-6H,1H3,(H2,13,14)(H,15,16). The highest BCUT2D eigenvalue weighted by Gasteiger charge is 2.07.